The number of benzene rings is 2. The molecule has 1 saturated carbocycles. The zero-order valence-electron chi connectivity index (χ0n) is 21.6. The fraction of sp³-hybridized carbons (Fsp3) is 0.357. The van der Waals surface area contributed by atoms with Gasteiger partial charge in [-0.1, -0.05) is 12.1 Å². The molecule has 0 bridgehead atoms. The number of phenolic OH excluding ortho intramolecular Hbond substituents is 1. The van der Waals surface area contributed by atoms with Gasteiger partial charge in [0, 0.05) is 25.2 Å². The third kappa shape index (κ3) is 4.08. The summed E-state index contributed by atoms with van der Waals surface area (Å²) in [5.74, 6) is -1.18. The quantitative estimate of drug-likeness (QED) is 0.254. The number of rotatable bonds is 4. The molecule has 1 amide bonds. The molecule has 1 aliphatic carbocycles. The number of hydrogen-bond donors (Lipinski definition) is 1. The Kier molecular flexibility index (Phi) is 5.89. The molecular formula is C28H30FN4O4+. The van der Waals surface area contributed by atoms with Crippen molar-refractivity contribution in [3.05, 3.63) is 70.2 Å². The number of amidine groups is 1. The van der Waals surface area contributed by atoms with Gasteiger partial charge in [-0.25, -0.2) is 13.9 Å². The molecule has 0 saturated heterocycles. The average Bonchev–Trinajstić information content (AvgIpc) is 3.59. The zero-order valence-corrected chi connectivity index (χ0v) is 21.6. The second kappa shape index (κ2) is 8.83. The second-order valence-corrected chi connectivity index (χ2v) is 10.3. The first kappa shape index (κ1) is 24.7. The van der Waals surface area contributed by atoms with E-state index in [1.54, 1.807) is 63.0 Å². The average molecular weight is 506 g/mol. The minimum absolute atomic E-state index is 0.172. The topological polar surface area (TPSA) is 86.0 Å². The predicted octanol–water partition coefficient (Wildman–Crippen LogP) is 3.02. The van der Waals surface area contributed by atoms with Crippen LogP contribution in [-0.4, -0.2) is 77.6 Å². The highest BCUT2D eigenvalue weighted by atomic mass is 19.1. The first-order valence-corrected chi connectivity index (χ1v) is 12.1. The summed E-state index contributed by atoms with van der Waals surface area (Å²) in [6.45, 7) is 0.280. The molecular weight excluding hydrogens is 475 g/mol. The van der Waals surface area contributed by atoms with Gasteiger partial charge >= 0.3 is 12.0 Å². The van der Waals surface area contributed by atoms with Crippen molar-refractivity contribution in [2.24, 2.45) is 0 Å². The highest BCUT2D eigenvalue weighted by molar-refractivity contribution is 6.10. The second-order valence-electron chi connectivity index (χ2n) is 10.3. The summed E-state index contributed by atoms with van der Waals surface area (Å²) in [6.07, 6.45) is 3.27. The maximum absolute atomic E-state index is 13.7. The third-order valence-electron chi connectivity index (χ3n) is 7.12. The molecule has 1 N–H and O–H groups in total. The molecule has 3 aromatic rings. The van der Waals surface area contributed by atoms with E-state index in [0.717, 1.165) is 11.1 Å². The van der Waals surface area contributed by atoms with Crippen LogP contribution < -0.4 is 0 Å². The Labute approximate surface area is 214 Å². The lowest BCUT2D eigenvalue weighted by molar-refractivity contribution is -0.479. The van der Waals surface area contributed by atoms with E-state index in [1.807, 2.05) is 6.07 Å². The molecule has 8 nitrogen and oxygen atoms in total. The van der Waals surface area contributed by atoms with Crippen LogP contribution >= 0.6 is 0 Å². The smallest absolute Gasteiger partial charge is 0.453 e. The van der Waals surface area contributed by atoms with Crippen LogP contribution in [0.5, 0.6) is 5.75 Å². The lowest BCUT2D eigenvalue weighted by Crippen LogP contribution is -2.37. The molecule has 1 fully saturated rings. The molecule has 2 aliphatic rings. The number of pyridine rings is 1. The van der Waals surface area contributed by atoms with E-state index < -0.39 is 11.4 Å². The Morgan fingerprint density at radius 3 is 2.49 bits per heavy atom. The molecule has 0 atom stereocenters. The molecule has 2 heterocycles. The van der Waals surface area contributed by atoms with Crippen molar-refractivity contribution in [1.82, 2.24) is 14.8 Å². The van der Waals surface area contributed by atoms with Gasteiger partial charge in [0.1, 0.15) is 11.3 Å². The largest absolute Gasteiger partial charge is 0.505 e. The SMILES string of the molecule is CN(C)C(OC(=O)C1(c2c3c(c(O)c4ncc(Cc5ccc(F)cc5)cc24)C(=O)N(C)C3)CC1)=[N+](C)C. The van der Waals surface area contributed by atoms with Crippen LogP contribution in [0.15, 0.2) is 36.5 Å². The van der Waals surface area contributed by atoms with E-state index in [9.17, 15) is 19.1 Å². The summed E-state index contributed by atoms with van der Waals surface area (Å²) >= 11 is 0. The Bertz CT molecular complexity index is 1470. The van der Waals surface area contributed by atoms with Gasteiger partial charge in [-0.05, 0) is 59.7 Å². The molecule has 9 heteroatoms. The Morgan fingerprint density at radius 1 is 1.22 bits per heavy atom. The van der Waals surface area contributed by atoms with Gasteiger partial charge < -0.3 is 14.7 Å². The normalized spacial score (nSPS) is 15.5. The lowest BCUT2D eigenvalue weighted by atomic mass is 9.85. The molecule has 1 aromatic heterocycles. The number of amides is 1. The highest BCUT2D eigenvalue weighted by Crippen LogP contribution is 2.55. The summed E-state index contributed by atoms with van der Waals surface area (Å²) in [6, 6.07) is 8.57. The van der Waals surface area contributed by atoms with Gasteiger partial charge in [0.25, 0.3) is 5.91 Å². The maximum atomic E-state index is 13.7. The minimum Gasteiger partial charge on any atom is -0.505 e. The number of phenols is 1. The van der Waals surface area contributed by atoms with E-state index in [-0.39, 0.29) is 35.1 Å². The molecule has 37 heavy (non-hydrogen) atoms. The van der Waals surface area contributed by atoms with Gasteiger partial charge in [-0.2, -0.15) is 0 Å². The van der Waals surface area contributed by atoms with Gasteiger partial charge in [0.2, 0.25) is 0 Å². The van der Waals surface area contributed by atoms with Crippen molar-refractivity contribution in [1.29, 1.82) is 0 Å². The summed E-state index contributed by atoms with van der Waals surface area (Å²) in [7, 11) is 8.87. The molecule has 0 unspecified atom stereocenters. The summed E-state index contributed by atoms with van der Waals surface area (Å²) in [4.78, 5) is 34.5. The Hall–Kier alpha value is -4.01. The van der Waals surface area contributed by atoms with E-state index in [2.05, 4.69) is 4.98 Å². The number of fused-ring (bicyclic) bond motifs is 2. The van der Waals surface area contributed by atoms with E-state index in [4.69, 9.17) is 4.74 Å². The number of esters is 1. The van der Waals surface area contributed by atoms with Crippen LogP contribution in [-0.2, 0) is 27.9 Å². The molecule has 192 valence electrons. The summed E-state index contributed by atoms with van der Waals surface area (Å²) in [5, 5.41) is 11.8. The number of nitrogens with zero attached hydrogens (tertiary/aromatic N) is 4. The van der Waals surface area contributed by atoms with Crippen LogP contribution in [0.4, 0.5) is 4.39 Å². The van der Waals surface area contributed by atoms with Crippen molar-refractivity contribution in [2.45, 2.75) is 31.2 Å². The fourth-order valence-corrected chi connectivity index (χ4v) is 5.25. The predicted molar refractivity (Wildman–Crippen MR) is 136 cm³/mol. The number of hydrogen-bond acceptors (Lipinski definition) is 5. The van der Waals surface area contributed by atoms with Crippen molar-refractivity contribution >= 4 is 28.8 Å². The van der Waals surface area contributed by atoms with Crippen LogP contribution in [0.3, 0.4) is 0 Å². The number of aromatic hydroxyl groups is 1. The minimum atomic E-state index is -0.949. The number of aromatic nitrogens is 1. The van der Waals surface area contributed by atoms with Gasteiger partial charge in [0.15, 0.2) is 5.75 Å². The van der Waals surface area contributed by atoms with Crippen LogP contribution in [0, 0.1) is 5.82 Å². The Balaban J connectivity index is 1.68. The Morgan fingerprint density at radius 2 is 1.89 bits per heavy atom. The van der Waals surface area contributed by atoms with Crippen molar-refractivity contribution < 1.29 is 28.4 Å². The monoisotopic (exact) mass is 505 g/mol. The molecule has 2 aromatic carbocycles. The van der Waals surface area contributed by atoms with E-state index in [1.165, 1.54) is 17.0 Å². The lowest BCUT2D eigenvalue weighted by Gasteiger charge is -2.22. The van der Waals surface area contributed by atoms with Crippen molar-refractivity contribution in [3.63, 3.8) is 0 Å². The van der Waals surface area contributed by atoms with Gasteiger partial charge in [-0.15, -0.1) is 0 Å². The summed E-state index contributed by atoms with van der Waals surface area (Å²) in [5.41, 5.74) is 2.62. The number of carbonyl (C=O) groups is 2. The molecule has 0 radical (unpaired) electrons. The number of ether oxygens (including phenoxy) is 1. The van der Waals surface area contributed by atoms with Crippen LogP contribution in [0.1, 0.15) is 45.5 Å². The van der Waals surface area contributed by atoms with Crippen LogP contribution in [0.25, 0.3) is 10.9 Å². The first-order valence-electron chi connectivity index (χ1n) is 12.1. The highest BCUT2D eigenvalue weighted by Gasteiger charge is 2.57. The maximum Gasteiger partial charge on any atom is 0.453 e. The first-order chi connectivity index (χ1) is 17.5. The molecule has 0 spiro atoms. The molecule has 1 aliphatic heterocycles. The fourth-order valence-electron chi connectivity index (χ4n) is 5.25. The van der Waals surface area contributed by atoms with Gasteiger partial charge in [0.05, 0.1) is 39.2 Å². The number of halogens is 1. The van der Waals surface area contributed by atoms with E-state index in [0.29, 0.717) is 41.8 Å². The van der Waals surface area contributed by atoms with Gasteiger partial charge in [-0.3, -0.25) is 14.6 Å². The number of carbonyl (C=O) groups excluding carboxylic acids is 2. The zero-order chi connectivity index (χ0) is 26.6. The van der Waals surface area contributed by atoms with Crippen LogP contribution in [0.2, 0.25) is 0 Å². The van der Waals surface area contributed by atoms with E-state index >= 15 is 0 Å². The standard InChI is InChI=1S/C28H29FN4O4/c1-31(2)27(32(3)4)37-26(36)28(10-11-28)22-19-13-17(12-16-6-8-18(29)9-7-16)14-30-23(19)24(34)21-20(22)15-33(5)25(21)35/h6-9,13-14H,10-12,15H2,1-5H3/p+1. The summed E-state index contributed by atoms with van der Waals surface area (Å²) < 4.78 is 21.0. The molecule has 5 rings (SSSR count). The van der Waals surface area contributed by atoms with Crippen molar-refractivity contribution in [2.75, 3.05) is 35.2 Å². The third-order valence-corrected chi connectivity index (χ3v) is 7.12. The van der Waals surface area contributed by atoms with Crippen molar-refractivity contribution in [3.8, 4) is 5.75 Å².